The highest BCUT2D eigenvalue weighted by Crippen LogP contribution is 2.34. The number of ether oxygens (including phenoxy) is 2. The fraction of sp³-hybridized carbons (Fsp3) is 0.405. The molecule has 1 aliphatic heterocycles. The maximum absolute atomic E-state index is 13.6. The Morgan fingerprint density at radius 1 is 0.925 bits per heavy atom. The first-order valence-corrected chi connectivity index (χ1v) is 17.7. The summed E-state index contributed by atoms with van der Waals surface area (Å²) >= 11 is 0. The van der Waals surface area contributed by atoms with E-state index in [0.717, 1.165) is 82.4 Å². The summed E-state index contributed by atoms with van der Waals surface area (Å²) in [5.41, 5.74) is 5.77. The van der Waals surface area contributed by atoms with Gasteiger partial charge in [-0.1, -0.05) is 32.0 Å². The molecule has 0 spiro atoms. The van der Waals surface area contributed by atoms with Crippen molar-refractivity contribution in [3.8, 4) is 22.5 Å². The minimum Gasteiger partial charge on any atom is -0.453 e. The number of imidazole rings is 2. The number of aromatic nitrogens is 6. The van der Waals surface area contributed by atoms with E-state index in [9.17, 15) is 19.2 Å². The summed E-state index contributed by atoms with van der Waals surface area (Å²) in [7, 11) is 2.53. The highest BCUT2D eigenvalue weighted by molar-refractivity contribution is 5.89. The first-order valence-electron chi connectivity index (χ1n) is 17.7. The zero-order valence-corrected chi connectivity index (χ0v) is 30.2. The third kappa shape index (κ3) is 8.71. The van der Waals surface area contributed by atoms with E-state index in [2.05, 4.69) is 45.8 Å². The van der Waals surface area contributed by atoms with Crippen molar-refractivity contribution in [2.24, 2.45) is 5.92 Å². The summed E-state index contributed by atoms with van der Waals surface area (Å²) in [6.07, 6.45) is 4.43. The number of amides is 4. The Hall–Kier alpha value is -6.06. The molecule has 53 heavy (non-hydrogen) atoms. The number of hydrogen-bond acceptors (Lipinski definition) is 10. The van der Waals surface area contributed by atoms with Crippen LogP contribution in [0.5, 0.6) is 0 Å². The van der Waals surface area contributed by atoms with Gasteiger partial charge in [-0.05, 0) is 55.9 Å². The van der Waals surface area contributed by atoms with Gasteiger partial charge in [0.15, 0.2) is 0 Å². The lowest BCUT2D eigenvalue weighted by molar-refractivity contribution is -0.135. The molecule has 2 atom stereocenters. The van der Waals surface area contributed by atoms with Crippen LogP contribution < -0.4 is 16.0 Å². The average Bonchev–Trinajstić information content (AvgIpc) is 3.95. The van der Waals surface area contributed by atoms with E-state index < -0.39 is 18.2 Å². The van der Waals surface area contributed by atoms with Crippen LogP contribution in [0.15, 0.2) is 48.7 Å². The van der Waals surface area contributed by atoms with Crippen molar-refractivity contribution in [3.05, 3.63) is 60.3 Å². The smallest absolute Gasteiger partial charge is 0.407 e. The number of nitrogens with zero attached hydrogens (tertiary/aromatic N) is 5. The Morgan fingerprint density at radius 2 is 1.74 bits per heavy atom. The molecule has 2 unspecified atom stereocenters. The van der Waals surface area contributed by atoms with E-state index in [1.807, 2.05) is 56.3 Å². The largest absolute Gasteiger partial charge is 0.453 e. The molecule has 4 heterocycles. The minimum absolute atomic E-state index is 0.115. The summed E-state index contributed by atoms with van der Waals surface area (Å²) in [4.78, 5) is 66.4. The Morgan fingerprint density at radius 3 is 2.53 bits per heavy atom. The molecule has 6 rings (SSSR count). The summed E-state index contributed by atoms with van der Waals surface area (Å²) < 4.78 is 9.20. The second kappa shape index (κ2) is 16.5. The van der Waals surface area contributed by atoms with E-state index >= 15 is 0 Å². The van der Waals surface area contributed by atoms with Crippen LogP contribution in [0.1, 0.15) is 57.2 Å². The Labute approximate surface area is 305 Å². The summed E-state index contributed by atoms with van der Waals surface area (Å²) in [6, 6.07) is 13.0. The van der Waals surface area contributed by atoms with E-state index in [4.69, 9.17) is 9.72 Å². The van der Waals surface area contributed by atoms with Crippen LogP contribution in [0.2, 0.25) is 0 Å². The first-order chi connectivity index (χ1) is 25.6. The number of H-pyrrole nitrogens is 2. The second-order valence-electron chi connectivity index (χ2n) is 13.3. The molecular weight excluding hydrogens is 680 g/mol. The van der Waals surface area contributed by atoms with E-state index in [0.29, 0.717) is 18.9 Å². The van der Waals surface area contributed by atoms with E-state index in [-0.39, 0.29) is 30.3 Å². The molecule has 5 aromatic rings. The number of fused-ring (bicyclic) bond motifs is 2. The van der Waals surface area contributed by atoms with Crippen molar-refractivity contribution >= 4 is 45.9 Å². The van der Waals surface area contributed by atoms with Crippen LogP contribution in [0.25, 0.3) is 44.5 Å². The van der Waals surface area contributed by atoms with Crippen molar-refractivity contribution in [1.29, 1.82) is 0 Å². The van der Waals surface area contributed by atoms with Crippen LogP contribution in [0, 0.1) is 5.92 Å². The molecule has 0 radical (unpaired) electrons. The molecule has 2 aromatic carbocycles. The number of methoxy groups -OCH3 is 2. The summed E-state index contributed by atoms with van der Waals surface area (Å²) in [5, 5.41) is 17.8. The van der Waals surface area contributed by atoms with Crippen molar-refractivity contribution in [2.45, 2.75) is 58.0 Å². The fourth-order valence-electron chi connectivity index (χ4n) is 6.45. The number of carbonyl (C=O) groups is 4. The van der Waals surface area contributed by atoms with Crippen molar-refractivity contribution in [1.82, 2.24) is 51.0 Å². The maximum Gasteiger partial charge on any atom is 0.407 e. The number of aryl methyl sites for hydroxylation is 1. The fourth-order valence-corrected chi connectivity index (χ4v) is 6.45. The molecule has 0 bridgehead atoms. The number of hydrogen-bond donors (Lipinski definition) is 5. The third-order valence-corrected chi connectivity index (χ3v) is 9.31. The number of unbranched alkanes of at least 4 members (excludes halogenated alkanes) is 1. The topological polar surface area (TPSA) is 209 Å². The van der Waals surface area contributed by atoms with E-state index in [1.165, 1.54) is 14.2 Å². The number of aromatic amines is 2. The number of rotatable bonds is 13. The maximum atomic E-state index is 13.6. The number of alkyl carbamates (subject to hydrolysis) is 2. The number of likely N-dealkylation sites (tertiary alicyclic amines) is 1. The summed E-state index contributed by atoms with van der Waals surface area (Å²) in [5.74, 6) is 1.01. The molecule has 4 amide bonds. The zero-order chi connectivity index (χ0) is 37.5. The van der Waals surface area contributed by atoms with Gasteiger partial charge in [-0.2, -0.15) is 0 Å². The molecule has 0 saturated carbocycles. The van der Waals surface area contributed by atoms with Crippen molar-refractivity contribution in [3.63, 3.8) is 0 Å². The molecule has 1 saturated heterocycles. The van der Waals surface area contributed by atoms with Gasteiger partial charge in [0.2, 0.25) is 11.8 Å². The highest BCUT2D eigenvalue weighted by atomic mass is 16.5. The van der Waals surface area contributed by atoms with Gasteiger partial charge in [0.25, 0.3) is 0 Å². The van der Waals surface area contributed by atoms with Crippen LogP contribution in [-0.4, -0.2) is 98.9 Å². The van der Waals surface area contributed by atoms with Gasteiger partial charge in [-0.25, -0.2) is 19.6 Å². The lowest BCUT2D eigenvalue weighted by Crippen LogP contribution is -2.51. The molecule has 0 aliphatic carbocycles. The van der Waals surface area contributed by atoms with Crippen LogP contribution in [0.3, 0.4) is 0 Å². The van der Waals surface area contributed by atoms with Crippen LogP contribution in [-0.2, 0) is 25.5 Å². The number of carbonyl (C=O) groups excluding carboxylic acids is 4. The zero-order valence-electron chi connectivity index (χ0n) is 30.2. The quantitative estimate of drug-likeness (QED) is 0.108. The number of nitrogens with one attached hydrogen (secondary N) is 5. The van der Waals surface area contributed by atoms with Crippen molar-refractivity contribution < 1.29 is 28.7 Å². The Bertz CT molecular complexity index is 2110. The second-order valence-corrected chi connectivity index (χ2v) is 13.3. The third-order valence-electron chi connectivity index (χ3n) is 9.31. The highest BCUT2D eigenvalue weighted by Gasteiger charge is 2.37. The Balaban J connectivity index is 1.08. The normalized spacial score (nSPS) is 14.7. The molecule has 5 N–H and O–H groups in total. The van der Waals surface area contributed by atoms with Gasteiger partial charge < -0.3 is 40.3 Å². The van der Waals surface area contributed by atoms with Crippen LogP contribution >= 0.6 is 0 Å². The monoisotopic (exact) mass is 724 g/mol. The van der Waals surface area contributed by atoms with Gasteiger partial charge in [0, 0.05) is 36.0 Å². The SMILES string of the molecule is COC(=O)NCC(=O)NCCCCc1ncc(-c2ccc3cc(-c4ccc5nc(C6CCCN6C(=O)C(NC(=O)OC)C(C)C)[nH]c5c4)nnc3c2)[nH]1. The molecule has 16 heteroatoms. The lowest BCUT2D eigenvalue weighted by Gasteiger charge is -2.29. The van der Waals surface area contributed by atoms with Crippen molar-refractivity contribution in [2.75, 3.05) is 33.9 Å². The average molecular weight is 725 g/mol. The standard InChI is InChI=1S/C37H44N10O6/c1-21(2)33(44-37(51)53-4)35(49)47-15-7-8-30(47)34-42-25-13-12-23(18-28(25)43-34)26-16-22-10-11-24(17-27(22)46-45-26)29-19-39-31(41-29)9-5-6-14-38-32(48)20-40-36(50)52-3/h10-13,16-19,21,30,33H,5-9,14-15,20H2,1-4H3,(H,38,48)(H,39,41)(H,40,50)(H,42,43)(H,44,51). The predicted molar refractivity (Wildman–Crippen MR) is 196 cm³/mol. The van der Waals surface area contributed by atoms with Gasteiger partial charge in [0.1, 0.15) is 17.7 Å². The van der Waals surface area contributed by atoms with Gasteiger partial charge >= 0.3 is 12.2 Å². The minimum atomic E-state index is -0.701. The molecule has 1 aliphatic rings. The molecule has 3 aromatic heterocycles. The predicted octanol–water partition coefficient (Wildman–Crippen LogP) is 4.40. The lowest BCUT2D eigenvalue weighted by atomic mass is 10.0. The van der Waals surface area contributed by atoms with Gasteiger partial charge in [-0.15, -0.1) is 10.2 Å². The molecule has 16 nitrogen and oxygen atoms in total. The summed E-state index contributed by atoms with van der Waals surface area (Å²) in [6.45, 7) is 4.74. The number of benzene rings is 2. The van der Waals surface area contributed by atoms with E-state index in [1.54, 1.807) is 11.1 Å². The first kappa shape index (κ1) is 36.7. The van der Waals surface area contributed by atoms with Gasteiger partial charge in [-0.3, -0.25) is 9.59 Å². The molecular formula is C37H44N10O6. The Kier molecular flexibility index (Phi) is 11.4. The molecule has 278 valence electrons. The van der Waals surface area contributed by atoms with Gasteiger partial charge in [0.05, 0.1) is 60.9 Å². The molecule has 1 fully saturated rings. The van der Waals surface area contributed by atoms with Crippen LogP contribution in [0.4, 0.5) is 9.59 Å².